The molecule has 1 aliphatic carbocycles. The van der Waals surface area contributed by atoms with Crippen molar-refractivity contribution >= 4 is 11.6 Å². The van der Waals surface area contributed by atoms with Crippen molar-refractivity contribution in [3.63, 3.8) is 0 Å². The van der Waals surface area contributed by atoms with Crippen molar-refractivity contribution in [2.24, 2.45) is 0 Å². The fraction of sp³-hybridized carbons (Fsp3) is 0.600. The van der Waals surface area contributed by atoms with Gasteiger partial charge >= 0.3 is 0 Å². The highest BCUT2D eigenvalue weighted by atomic mass is 35.5. The number of nitrogens with one attached hydrogen (secondary N) is 1. The summed E-state index contributed by atoms with van der Waals surface area (Å²) in [7, 11) is 1.62. The highest BCUT2D eigenvalue weighted by molar-refractivity contribution is 6.32. The van der Waals surface area contributed by atoms with Crippen LogP contribution >= 0.6 is 11.6 Å². The van der Waals surface area contributed by atoms with Gasteiger partial charge in [0.05, 0.1) is 24.8 Å². The minimum Gasteiger partial charge on any atom is -0.495 e. The van der Waals surface area contributed by atoms with Crippen LogP contribution in [0.5, 0.6) is 5.75 Å². The predicted octanol–water partition coefficient (Wildman–Crippen LogP) is 3.40. The summed E-state index contributed by atoms with van der Waals surface area (Å²) >= 11 is 6.08. The fourth-order valence-electron chi connectivity index (χ4n) is 2.41. The van der Waals surface area contributed by atoms with E-state index in [0.717, 1.165) is 31.0 Å². The van der Waals surface area contributed by atoms with E-state index in [4.69, 9.17) is 21.1 Å². The molecule has 1 aliphatic rings. The molecule has 0 amide bonds. The first-order chi connectivity index (χ1) is 9.29. The van der Waals surface area contributed by atoms with E-state index in [1.807, 2.05) is 18.2 Å². The van der Waals surface area contributed by atoms with Crippen LogP contribution in [0.3, 0.4) is 0 Å². The van der Waals surface area contributed by atoms with Crippen LogP contribution in [0.4, 0.5) is 0 Å². The van der Waals surface area contributed by atoms with Crippen molar-refractivity contribution in [1.29, 1.82) is 0 Å². The van der Waals surface area contributed by atoms with Crippen molar-refractivity contribution in [3.05, 3.63) is 28.8 Å². The number of hydrogen-bond donors (Lipinski definition) is 1. The summed E-state index contributed by atoms with van der Waals surface area (Å²) in [4.78, 5) is 0. The number of halogens is 1. The maximum absolute atomic E-state index is 6.08. The Morgan fingerprint density at radius 1 is 1.32 bits per heavy atom. The minimum absolute atomic E-state index is 0.497. The third kappa shape index (κ3) is 4.68. The van der Waals surface area contributed by atoms with E-state index >= 15 is 0 Å². The molecule has 0 unspecified atom stereocenters. The molecule has 0 spiro atoms. The SMILES string of the molecule is COc1ccc(CNCCOC2CCCC2)cc1Cl. The molecule has 2 rings (SSSR count). The van der Waals surface area contributed by atoms with Gasteiger partial charge in [-0.2, -0.15) is 0 Å². The van der Waals surface area contributed by atoms with Crippen molar-refractivity contribution in [3.8, 4) is 5.75 Å². The number of hydrogen-bond acceptors (Lipinski definition) is 3. The maximum atomic E-state index is 6.08. The van der Waals surface area contributed by atoms with Crippen molar-refractivity contribution < 1.29 is 9.47 Å². The van der Waals surface area contributed by atoms with Gasteiger partial charge in [-0.1, -0.05) is 30.5 Å². The Morgan fingerprint density at radius 2 is 2.11 bits per heavy atom. The van der Waals surface area contributed by atoms with Crippen LogP contribution in [0.2, 0.25) is 5.02 Å². The van der Waals surface area contributed by atoms with Crippen LogP contribution in [-0.4, -0.2) is 26.4 Å². The number of methoxy groups -OCH3 is 1. The third-order valence-corrected chi connectivity index (χ3v) is 3.78. The van der Waals surface area contributed by atoms with E-state index in [0.29, 0.717) is 11.1 Å². The van der Waals surface area contributed by atoms with E-state index in [1.165, 1.54) is 25.7 Å². The smallest absolute Gasteiger partial charge is 0.137 e. The zero-order valence-corrected chi connectivity index (χ0v) is 12.2. The zero-order valence-electron chi connectivity index (χ0n) is 11.5. The molecular weight excluding hydrogens is 262 g/mol. The van der Waals surface area contributed by atoms with Crippen LogP contribution in [0.25, 0.3) is 0 Å². The van der Waals surface area contributed by atoms with Crippen molar-refractivity contribution in [1.82, 2.24) is 5.32 Å². The van der Waals surface area contributed by atoms with Gasteiger partial charge in [0.25, 0.3) is 0 Å². The van der Waals surface area contributed by atoms with Gasteiger partial charge in [0.15, 0.2) is 0 Å². The summed E-state index contributed by atoms with van der Waals surface area (Å²) in [6.45, 7) is 2.46. The van der Waals surface area contributed by atoms with E-state index in [-0.39, 0.29) is 0 Å². The van der Waals surface area contributed by atoms with Gasteiger partial charge < -0.3 is 14.8 Å². The van der Waals surface area contributed by atoms with E-state index in [2.05, 4.69) is 5.32 Å². The second-order valence-corrected chi connectivity index (χ2v) is 5.33. The van der Waals surface area contributed by atoms with Crippen molar-refractivity contribution in [2.45, 2.75) is 38.3 Å². The van der Waals surface area contributed by atoms with Crippen LogP contribution in [-0.2, 0) is 11.3 Å². The standard InChI is InChI=1S/C15H22ClNO2/c1-18-15-7-6-12(10-14(15)16)11-17-8-9-19-13-4-2-3-5-13/h6-7,10,13,17H,2-5,8-9,11H2,1H3. The molecule has 0 aromatic heterocycles. The molecule has 3 nitrogen and oxygen atoms in total. The first-order valence-electron chi connectivity index (χ1n) is 6.94. The molecule has 1 aromatic rings. The third-order valence-electron chi connectivity index (χ3n) is 3.48. The second-order valence-electron chi connectivity index (χ2n) is 4.92. The molecule has 0 radical (unpaired) electrons. The summed E-state index contributed by atoms with van der Waals surface area (Å²) < 4.78 is 10.9. The van der Waals surface area contributed by atoms with Crippen LogP contribution in [0.1, 0.15) is 31.2 Å². The molecule has 4 heteroatoms. The second kappa shape index (κ2) is 7.73. The highest BCUT2D eigenvalue weighted by Crippen LogP contribution is 2.24. The monoisotopic (exact) mass is 283 g/mol. The molecule has 1 N–H and O–H groups in total. The Kier molecular flexibility index (Phi) is 5.95. The van der Waals surface area contributed by atoms with Crippen LogP contribution in [0.15, 0.2) is 18.2 Å². The molecule has 0 saturated heterocycles. The van der Waals surface area contributed by atoms with Gasteiger partial charge in [-0.3, -0.25) is 0 Å². The maximum Gasteiger partial charge on any atom is 0.137 e. The van der Waals surface area contributed by atoms with Gasteiger partial charge in [0, 0.05) is 13.1 Å². The van der Waals surface area contributed by atoms with Gasteiger partial charge in [-0.05, 0) is 30.5 Å². The molecule has 1 fully saturated rings. The molecule has 1 aromatic carbocycles. The van der Waals surface area contributed by atoms with Crippen LogP contribution in [0, 0.1) is 0 Å². The fourth-order valence-corrected chi connectivity index (χ4v) is 2.69. The summed E-state index contributed by atoms with van der Waals surface area (Å²) in [5, 5.41) is 4.02. The predicted molar refractivity (Wildman–Crippen MR) is 77.9 cm³/mol. The summed E-state index contributed by atoms with van der Waals surface area (Å²) in [5.41, 5.74) is 1.16. The lowest BCUT2D eigenvalue weighted by atomic mass is 10.2. The quantitative estimate of drug-likeness (QED) is 0.778. The normalized spacial score (nSPS) is 15.9. The molecule has 0 bridgehead atoms. The number of rotatable bonds is 7. The van der Waals surface area contributed by atoms with E-state index < -0.39 is 0 Å². The minimum atomic E-state index is 0.497. The van der Waals surface area contributed by atoms with Gasteiger partial charge in [-0.15, -0.1) is 0 Å². The zero-order chi connectivity index (χ0) is 13.5. The van der Waals surface area contributed by atoms with Gasteiger partial charge in [0.2, 0.25) is 0 Å². The first kappa shape index (κ1) is 14.6. The number of ether oxygens (including phenoxy) is 2. The molecule has 0 aliphatic heterocycles. The van der Waals surface area contributed by atoms with Gasteiger partial charge in [-0.25, -0.2) is 0 Å². The molecule has 106 valence electrons. The topological polar surface area (TPSA) is 30.5 Å². The summed E-state index contributed by atoms with van der Waals surface area (Å²) in [6, 6.07) is 5.86. The Bertz CT molecular complexity index is 392. The Labute approximate surface area is 120 Å². The van der Waals surface area contributed by atoms with E-state index in [9.17, 15) is 0 Å². The largest absolute Gasteiger partial charge is 0.495 e. The Hall–Kier alpha value is -0.770. The molecule has 0 heterocycles. The first-order valence-corrected chi connectivity index (χ1v) is 7.32. The van der Waals surface area contributed by atoms with Gasteiger partial charge in [0.1, 0.15) is 5.75 Å². The average molecular weight is 284 g/mol. The lowest BCUT2D eigenvalue weighted by molar-refractivity contribution is 0.0603. The summed E-state index contributed by atoms with van der Waals surface area (Å²) in [6.07, 6.45) is 5.60. The van der Waals surface area contributed by atoms with Crippen molar-refractivity contribution in [2.75, 3.05) is 20.3 Å². The lowest BCUT2D eigenvalue weighted by Gasteiger charge is -2.12. The molecular formula is C15H22ClNO2. The highest BCUT2D eigenvalue weighted by Gasteiger charge is 2.14. The summed E-state index contributed by atoms with van der Waals surface area (Å²) in [5.74, 6) is 0.718. The number of benzene rings is 1. The van der Waals surface area contributed by atoms with E-state index in [1.54, 1.807) is 7.11 Å². The Morgan fingerprint density at radius 3 is 2.79 bits per heavy atom. The average Bonchev–Trinajstić information content (AvgIpc) is 2.92. The molecule has 19 heavy (non-hydrogen) atoms. The molecule has 1 saturated carbocycles. The molecule has 0 atom stereocenters. The van der Waals surface area contributed by atoms with Crippen LogP contribution < -0.4 is 10.1 Å². The Balaban J connectivity index is 1.63. The lowest BCUT2D eigenvalue weighted by Crippen LogP contribution is -2.21.